The number of nitrogens with two attached hydrogens (primary N) is 2. The number of fused-ring (bicyclic) bond motifs is 3. The fourth-order valence-corrected chi connectivity index (χ4v) is 3.79. The van der Waals surface area contributed by atoms with Crippen molar-refractivity contribution in [3.05, 3.63) is 40.3 Å². The number of amides is 3. The van der Waals surface area contributed by atoms with Crippen LogP contribution in [0.25, 0.3) is 10.4 Å². The van der Waals surface area contributed by atoms with Crippen LogP contribution < -0.4 is 16.8 Å². The molecule has 0 saturated carbocycles. The van der Waals surface area contributed by atoms with E-state index < -0.39 is 11.9 Å². The van der Waals surface area contributed by atoms with Gasteiger partial charge in [0.1, 0.15) is 4.88 Å². The average molecular weight is 287 g/mol. The minimum atomic E-state index is -0.688. The van der Waals surface area contributed by atoms with Crippen molar-refractivity contribution in [2.24, 2.45) is 11.5 Å². The molecule has 5 nitrogen and oxygen atoms in total. The molecule has 3 rings (SSSR count). The molecule has 0 saturated heterocycles. The maximum Gasteiger partial charge on any atom is 0.316 e. The van der Waals surface area contributed by atoms with Crippen LogP contribution in [0.4, 0.5) is 10.5 Å². The first-order chi connectivity index (χ1) is 9.58. The van der Waals surface area contributed by atoms with Gasteiger partial charge in [0.2, 0.25) is 0 Å². The summed E-state index contributed by atoms with van der Waals surface area (Å²) in [6.45, 7) is 0. The number of thiophene rings is 1. The number of carbonyl (C=O) groups is 2. The molecule has 1 aliphatic carbocycles. The zero-order valence-electron chi connectivity index (χ0n) is 10.6. The molecule has 1 aliphatic rings. The van der Waals surface area contributed by atoms with Crippen LogP contribution in [0.15, 0.2) is 24.3 Å². The first-order valence-electron chi connectivity index (χ1n) is 6.18. The quantitative estimate of drug-likeness (QED) is 0.788. The topological polar surface area (TPSA) is 98.2 Å². The molecule has 1 heterocycles. The van der Waals surface area contributed by atoms with Crippen molar-refractivity contribution in [1.29, 1.82) is 0 Å². The zero-order chi connectivity index (χ0) is 14.3. The van der Waals surface area contributed by atoms with Crippen molar-refractivity contribution in [1.82, 2.24) is 0 Å². The fraction of sp³-hybridized carbons (Fsp3) is 0.143. The van der Waals surface area contributed by atoms with Crippen LogP contribution in [-0.4, -0.2) is 11.9 Å². The smallest absolute Gasteiger partial charge is 0.316 e. The summed E-state index contributed by atoms with van der Waals surface area (Å²) < 4.78 is 0. The van der Waals surface area contributed by atoms with Crippen LogP contribution in [0.5, 0.6) is 0 Å². The molecule has 0 atom stereocenters. The third-order valence-electron chi connectivity index (χ3n) is 3.39. The third kappa shape index (κ3) is 1.94. The summed E-state index contributed by atoms with van der Waals surface area (Å²) in [4.78, 5) is 24.1. The molecular formula is C14H13N3O2S. The Morgan fingerprint density at radius 1 is 1.15 bits per heavy atom. The van der Waals surface area contributed by atoms with Crippen molar-refractivity contribution >= 4 is 29.0 Å². The lowest BCUT2D eigenvalue weighted by Crippen LogP contribution is -2.22. The second kappa shape index (κ2) is 4.64. The highest BCUT2D eigenvalue weighted by atomic mass is 32.1. The number of benzene rings is 1. The Bertz CT molecular complexity index is 721. The van der Waals surface area contributed by atoms with E-state index in [1.807, 2.05) is 18.2 Å². The van der Waals surface area contributed by atoms with Crippen LogP contribution in [0, 0.1) is 0 Å². The molecule has 3 amide bonds. The van der Waals surface area contributed by atoms with Crippen LogP contribution in [-0.2, 0) is 12.8 Å². The standard InChI is InChI=1S/C14H13N3O2S/c15-13(18)12-10(17-14(16)19)9-6-5-7-3-1-2-4-8(7)11(9)20-12/h1-4H,5-6H2,(H2,15,18)(H3,16,17,19). The predicted molar refractivity (Wildman–Crippen MR) is 78.9 cm³/mol. The van der Waals surface area contributed by atoms with Gasteiger partial charge in [-0.3, -0.25) is 4.79 Å². The van der Waals surface area contributed by atoms with E-state index in [0.29, 0.717) is 10.6 Å². The largest absolute Gasteiger partial charge is 0.365 e. The number of anilines is 1. The first kappa shape index (κ1) is 12.7. The summed E-state index contributed by atoms with van der Waals surface area (Å²) >= 11 is 1.31. The van der Waals surface area contributed by atoms with Crippen LogP contribution in [0.2, 0.25) is 0 Å². The molecule has 6 heteroatoms. The maximum absolute atomic E-state index is 11.6. The molecule has 102 valence electrons. The molecule has 1 aromatic carbocycles. The Balaban J connectivity index is 2.22. The highest BCUT2D eigenvalue weighted by Crippen LogP contribution is 2.44. The van der Waals surface area contributed by atoms with Gasteiger partial charge in [0.05, 0.1) is 5.69 Å². The number of primary amides is 2. The minimum absolute atomic E-state index is 0.352. The third-order valence-corrected chi connectivity index (χ3v) is 4.67. The predicted octanol–water partition coefficient (Wildman–Crippen LogP) is 2.10. The van der Waals surface area contributed by atoms with Gasteiger partial charge in [-0.25, -0.2) is 4.79 Å². The molecule has 20 heavy (non-hydrogen) atoms. The molecular weight excluding hydrogens is 274 g/mol. The zero-order valence-corrected chi connectivity index (χ0v) is 11.4. The highest BCUT2D eigenvalue weighted by molar-refractivity contribution is 7.18. The van der Waals surface area contributed by atoms with E-state index in [2.05, 4.69) is 11.4 Å². The fourth-order valence-electron chi connectivity index (χ4n) is 2.57. The van der Waals surface area contributed by atoms with Crippen molar-refractivity contribution in [3.63, 3.8) is 0 Å². The van der Waals surface area contributed by atoms with Gasteiger partial charge < -0.3 is 16.8 Å². The van der Waals surface area contributed by atoms with E-state index in [-0.39, 0.29) is 0 Å². The minimum Gasteiger partial charge on any atom is -0.365 e. The highest BCUT2D eigenvalue weighted by Gasteiger charge is 2.26. The second-order valence-corrected chi connectivity index (χ2v) is 5.65. The van der Waals surface area contributed by atoms with E-state index in [4.69, 9.17) is 11.5 Å². The van der Waals surface area contributed by atoms with Crippen molar-refractivity contribution in [2.45, 2.75) is 12.8 Å². The maximum atomic E-state index is 11.6. The monoisotopic (exact) mass is 287 g/mol. The van der Waals surface area contributed by atoms with E-state index in [1.165, 1.54) is 16.9 Å². The van der Waals surface area contributed by atoms with Gasteiger partial charge in [-0.05, 0) is 29.5 Å². The molecule has 0 radical (unpaired) electrons. The van der Waals surface area contributed by atoms with Crippen LogP contribution in [0.1, 0.15) is 20.8 Å². The van der Waals surface area contributed by atoms with E-state index in [9.17, 15) is 9.59 Å². The molecule has 0 spiro atoms. The Morgan fingerprint density at radius 2 is 1.90 bits per heavy atom. The summed E-state index contributed by atoms with van der Waals surface area (Å²) in [5, 5.41) is 2.54. The van der Waals surface area contributed by atoms with Gasteiger partial charge in [0.15, 0.2) is 0 Å². The van der Waals surface area contributed by atoms with Crippen LogP contribution in [0.3, 0.4) is 0 Å². The van der Waals surface area contributed by atoms with E-state index in [1.54, 1.807) is 0 Å². The van der Waals surface area contributed by atoms with E-state index >= 15 is 0 Å². The van der Waals surface area contributed by atoms with Crippen molar-refractivity contribution in [2.75, 3.05) is 5.32 Å². The number of urea groups is 1. The van der Waals surface area contributed by atoms with Crippen molar-refractivity contribution in [3.8, 4) is 10.4 Å². The number of hydrogen-bond acceptors (Lipinski definition) is 3. The van der Waals surface area contributed by atoms with Gasteiger partial charge in [0, 0.05) is 4.88 Å². The molecule has 1 aromatic heterocycles. The number of hydrogen-bond donors (Lipinski definition) is 3. The molecule has 0 bridgehead atoms. The molecule has 0 aliphatic heterocycles. The molecule has 2 aromatic rings. The second-order valence-electron chi connectivity index (χ2n) is 4.62. The van der Waals surface area contributed by atoms with Gasteiger partial charge in [-0.2, -0.15) is 0 Å². The van der Waals surface area contributed by atoms with Gasteiger partial charge in [-0.1, -0.05) is 24.3 Å². The summed E-state index contributed by atoms with van der Waals surface area (Å²) in [6.07, 6.45) is 1.62. The lowest BCUT2D eigenvalue weighted by Gasteiger charge is -2.17. The molecule has 0 unspecified atom stereocenters. The first-order valence-corrected chi connectivity index (χ1v) is 6.99. The summed E-state index contributed by atoms with van der Waals surface area (Å²) in [5.74, 6) is -0.550. The van der Waals surface area contributed by atoms with Crippen LogP contribution >= 0.6 is 11.3 Å². The molecule has 0 fully saturated rings. The molecule has 5 N–H and O–H groups in total. The summed E-state index contributed by atoms with van der Waals surface area (Å²) in [6, 6.07) is 7.35. The van der Waals surface area contributed by atoms with Gasteiger partial charge >= 0.3 is 6.03 Å². The van der Waals surface area contributed by atoms with Crippen molar-refractivity contribution < 1.29 is 9.59 Å². The Labute approximate surface area is 119 Å². The number of carbonyl (C=O) groups excluding carboxylic acids is 2. The Kier molecular flexibility index (Phi) is 2.94. The lowest BCUT2D eigenvalue weighted by atomic mass is 9.90. The lowest BCUT2D eigenvalue weighted by molar-refractivity contribution is 0.100. The normalized spacial score (nSPS) is 12.4. The van der Waals surface area contributed by atoms with E-state index in [0.717, 1.165) is 28.8 Å². The Morgan fingerprint density at radius 3 is 2.60 bits per heavy atom. The SMILES string of the molecule is NC(=O)Nc1c(C(N)=O)sc2c1CCc1ccccc1-2. The number of rotatable bonds is 2. The Hall–Kier alpha value is -2.34. The summed E-state index contributed by atoms with van der Waals surface area (Å²) in [5.41, 5.74) is 14.3. The number of nitrogens with one attached hydrogen (secondary N) is 1. The summed E-state index contributed by atoms with van der Waals surface area (Å²) in [7, 11) is 0. The average Bonchev–Trinajstić information content (AvgIpc) is 2.77. The number of aryl methyl sites for hydroxylation is 1. The van der Waals surface area contributed by atoms with Gasteiger partial charge in [0.25, 0.3) is 5.91 Å². The van der Waals surface area contributed by atoms with Gasteiger partial charge in [-0.15, -0.1) is 11.3 Å².